The van der Waals surface area contributed by atoms with Crippen molar-refractivity contribution in [1.82, 2.24) is 10.2 Å². The molecule has 19 heavy (non-hydrogen) atoms. The van der Waals surface area contributed by atoms with E-state index >= 15 is 0 Å². The molecule has 114 valence electrons. The Morgan fingerprint density at radius 2 is 2.16 bits per heavy atom. The maximum absolute atomic E-state index is 4.74. The van der Waals surface area contributed by atoms with E-state index in [0.29, 0.717) is 0 Å². The van der Waals surface area contributed by atoms with Crippen molar-refractivity contribution in [1.29, 1.82) is 0 Å². The first-order valence-corrected chi connectivity index (χ1v) is 8.38. The minimum absolute atomic E-state index is 0. The number of unbranched alkanes of at least 4 members (excludes halogenated alkanes) is 1. The first-order chi connectivity index (χ1) is 8.69. The second kappa shape index (κ2) is 11.1. The molecule has 0 aromatic heterocycles. The van der Waals surface area contributed by atoms with E-state index in [2.05, 4.69) is 49.7 Å². The van der Waals surface area contributed by atoms with Crippen molar-refractivity contribution < 1.29 is 0 Å². The summed E-state index contributed by atoms with van der Waals surface area (Å²) in [6.07, 6.45) is 2.40. The topological polar surface area (TPSA) is 27.6 Å². The van der Waals surface area contributed by atoms with E-state index < -0.39 is 0 Å². The van der Waals surface area contributed by atoms with Gasteiger partial charge in [-0.3, -0.25) is 4.99 Å². The van der Waals surface area contributed by atoms with Gasteiger partial charge in [0.25, 0.3) is 0 Å². The molecule has 0 radical (unpaired) electrons. The highest BCUT2D eigenvalue weighted by Crippen LogP contribution is 2.24. The van der Waals surface area contributed by atoms with E-state index in [1.54, 1.807) is 0 Å². The van der Waals surface area contributed by atoms with Crippen LogP contribution in [0.25, 0.3) is 0 Å². The highest BCUT2D eigenvalue weighted by molar-refractivity contribution is 14.0. The molecule has 1 unspecified atom stereocenters. The summed E-state index contributed by atoms with van der Waals surface area (Å²) in [7, 11) is 0. The third kappa shape index (κ3) is 7.06. The molecule has 1 atom stereocenters. The summed E-state index contributed by atoms with van der Waals surface area (Å²) in [5.74, 6) is 3.09. The molecule has 1 aliphatic rings. The van der Waals surface area contributed by atoms with Gasteiger partial charge in [0.15, 0.2) is 5.96 Å². The van der Waals surface area contributed by atoms with Crippen molar-refractivity contribution in [3.05, 3.63) is 0 Å². The fourth-order valence-electron chi connectivity index (χ4n) is 2.04. The number of hydrogen-bond acceptors (Lipinski definition) is 2. The third-order valence-electron chi connectivity index (χ3n) is 3.24. The Morgan fingerprint density at radius 1 is 1.42 bits per heavy atom. The van der Waals surface area contributed by atoms with E-state index in [-0.39, 0.29) is 24.0 Å². The Bertz CT molecular complexity index is 259. The minimum Gasteiger partial charge on any atom is -0.357 e. The number of guanidine groups is 1. The monoisotopic (exact) mass is 399 g/mol. The average molecular weight is 399 g/mol. The van der Waals surface area contributed by atoms with Crippen molar-refractivity contribution in [2.75, 3.05) is 31.9 Å². The predicted octanol–water partition coefficient (Wildman–Crippen LogP) is 3.44. The highest BCUT2D eigenvalue weighted by atomic mass is 127. The Kier molecular flexibility index (Phi) is 11.3. The zero-order valence-corrected chi connectivity index (χ0v) is 16.0. The maximum Gasteiger partial charge on any atom is 0.193 e. The first-order valence-electron chi connectivity index (χ1n) is 7.33. The second-order valence-electron chi connectivity index (χ2n) is 5.19. The van der Waals surface area contributed by atoms with Crippen LogP contribution in [0.15, 0.2) is 4.99 Å². The van der Waals surface area contributed by atoms with Gasteiger partial charge < -0.3 is 10.2 Å². The number of halogens is 1. The van der Waals surface area contributed by atoms with E-state index in [9.17, 15) is 0 Å². The smallest absolute Gasteiger partial charge is 0.193 e. The molecule has 3 nitrogen and oxygen atoms in total. The number of hydrogen-bond donors (Lipinski definition) is 1. The van der Waals surface area contributed by atoms with Crippen LogP contribution >= 0.6 is 35.7 Å². The summed E-state index contributed by atoms with van der Waals surface area (Å²) in [4.78, 5) is 7.19. The van der Waals surface area contributed by atoms with Crippen LogP contribution < -0.4 is 5.32 Å². The number of aliphatic imine (C=N–C) groups is 1. The van der Waals surface area contributed by atoms with Crippen LogP contribution in [0.3, 0.4) is 0 Å². The molecule has 1 heterocycles. The van der Waals surface area contributed by atoms with Crippen LogP contribution in [0.4, 0.5) is 0 Å². The van der Waals surface area contributed by atoms with Gasteiger partial charge in [-0.05, 0) is 19.3 Å². The predicted molar refractivity (Wildman–Crippen MR) is 99.0 cm³/mol. The SMILES string of the molecule is CCCCN=C(NCC)N1CCSC(C(C)C)C1.I. The molecule has 0 aromatic carbocycles. The van der Waals surface area contributed by atoms with Gasteiger partial charge >= 0.3 is 0 Å². The third-order valence-corrected chi connectivity index (χ3v) is 4.78. The minimum atomic E-state index is 0. The molecule has 0 aliphatic carbocycles. The molecule has 1 N–H and O–H groups in total. The van der Waals surface area contributed by atoms with Gasteiger partial charge in [0, 0.05) is 37.2 Å². The van der Waals surface area contributed by atoms with Crippen molar-refractivity contribution >= 4 is 41.7 Å². The maximum atomic E-state index is 4.74. The van der Waals surface area contributed by atoms with Crippen LogP contribution in [-0.2, 0) is 0 Å². The molecule has 1 saturated heterocycles. The lowest BCUT2D eigenvalue weighted by Gasteiger charge is -2.36. The fraction of sp³-hybridized carbons (Fsp3) is 0.929. The van der Waals surface area contributed by atoms with Gasteiger partial charge in [-0.25, -0.2) is 0 Å². The number of thioether (sulfide) groups is 1. The summed E-state index contributed by atoms with van der Waals surface area (Å²) in [5, 5.41) is 4.18. The van der Waals surface area contributed by atoms with E-state index in [4.69, 9.17) is 4.99 Å². The molecule has 0 saturated carbocycles. The van der Waals surface area contributed by atoms with Gasteiger partial charge in [-0.2, -0.15) is 11.8 Å². The van der Waals surface area contributed by atoms with Gasteiger partial charge in [0.1, 0.15) is 0 Å². The second-order valence-corrected chi connectivity index (χ2v) is 6.54. The molecule has 0 spiro atoms. The number of rotatable bonds is 5. The summed E-state index contributed by atoms with van der Waals surface area (Å²) >= 11 is 2.11. The number of nitrogens with one attached hydrogen (secondary N) is 1. The lowest BCUT2D eigenvalue weighted by atomic mass is 10.1. The Balaban J connectivity index is 0.00000324. The van der Waals surface area contributed by atoms with Crippen molar-refractivity contribution in [3.8, 4) is 0 Å². The summed E-state index contributed by atoms with van der Waals surface area (Å²) < 4.78 is 0. The van der Waals surface area contributed by atoms with Crippen LogP contribution in [0.1, 0.15) is 40.5 Å². The van der Waals surface area contributed by atoms with Gasteiger partial charge in [0.05, 0.1) is 0 Å². The van der Waals surface area contributed by atoms with E-state index in [0.717, 1.165) is 43.3 Å². The Morgan fingerprint density at radius 3 is 2.74 bits per heavy atom. The average Bonchev–Trinajstić information content (AvgIpc) is 2.38. The van der Waals surface area contributed by atoms with Crippen LogP contribution in [0.5, 0.6) is 0 Å². The standard InChI is InChI=1S/C14H29N3S.HI/c1-5-7-8-16-14(15-6-2)17-9-10-18-13(11-17)12(3)4;/h12-13H,5-11H2,1-4H3,(H,15,16);1H. The largest absolute Gasteiger partial charge is 0.357 e. The van der Waals surface area contributed by atoms with Crippen LogP contribution in [-0.4, -0.2) is 48.0 Å². The number of nitrogens with zero attached hydrogens (tertiary/aromatic N) is 2. The Labute approximate surface area is 140 Å². The van der Waals surface area contributed by atoms with Gasteiger partial charge in [0.2, 0.25) is 0 Å². The highest BCUT2D eigenvalue weighted by Gasteiger charge is 2.24. The lowest BCUT2D eigenvalue weighted by Crippen LogP contribution is -2.49. The fourth-order valence-corrected chi connectivity index (χ4v) is 3.34. The van der Waals surface area contributed by atoms with Gasteiger partial charge in [-0.15, -0.1) is 24.0 Å². The molecular weight excluding hydrogens is 369 g/mol. The normalized spacial score (nSPS) is 20.4. The van der Waals surface area contributed by atoms with Crippen LogP contribution in [0, 0.1) is 5.92 Å². The first kappa shape index (κ1) is 19.4. The quantitative estimate of drug-likeness (QED) is 0.332. The van der Waals surface area contributed by atoms with E-state index in [1.807, 2.05) is 0 Å². The lowest BCUT2D eigenvalue weighted by molar-refractivity contribution is 0.381. The van der Waals surface area contributed by atoms with E-state index in [1.165, 1.54) is 18.6 Å². The molecule has 0 aromatic rings. The molecule has 0 amide bonds. The summed E-state index contributed by atoms with van der Waals surface area (Å²) in [5.41, 5.74) is 0. The molecular formula is C14H30IN3S. The van der Waals surface area contributed by atoms with Crippen LogP contribution in [0.2, 0.25) is 0 Å². The Hall–Kier alpha value is 0.350. The summed E-state index contributed by atoms with van der Waals surface area (Å²) in [6, 6.07) is 0. The molecule has 5 heteroatoms. The molecule has 1 aliphatic heterocycles. The van der Waals surface area contributed by atoms with Gasteiger partial charge in [-0.1, -0.05) is 27.2 Å². The summed E-state index contributed by atoms with van der Waals surface area (Å²) in [6.45, 7) is 13.2. The van der Waals surface area contributed by atoms with Crippen molar-refractivity contribution in [2.24, 2.45) is 10.9 Å². The van der Waals surface area contributed by atoms with Crippen molar-refractivity contribution in [3.63, 3.8) is 0 Å². The molecule has 1 rings (SSSR count). The zero-order chi connectivity index (χ0) is 13.4. The molecule has 1 fully saturated rings. The van der Waals surface area contributed by atoms with Crippen molar-refractivity contribution in [2.45, 2.75) is 45.8 Å². The zero-order valence-electron chi connectivity index (χ0n) is 12.8. The molecule has 0 bridgehead atoms.